The Labute approximate surface area is 138 Å². The van der Waals surface area contributed by atoms with Crippen LogP contribution in [0.3, 0.4) is 0 Å². The number of nitrogens with one attached hydrogen (secondary N) is 1. The van der Waals surface area contributed by atoms with E-state index in [1.807, 2.05) is 0 Å². The number of hydrogen-bond acceptors (Lipinski definition) is 5. The highest BCUT2D eigenvalue weighted by Crippen LogP contribution is 2.40. The van der Waals surface area contributed by atoms with E-state index in [0.717, 1.165) is 0 Å². The van der Waals surface area contributed by atoms with E-state index < -0.39 is 39.9 Å². The second-order valence-corrected chi connectivity index (χ2v) is 7.63. The molecule has 2 aliphatic rings. The molecule has 0 spiro atoms. The number of carbonyl (C=O) groups is 1. The van der Waals surface area contributed by atoms with Crippen LogP contribution in [0.25, 0.3) is 0 Å². The monoisotopic (exact) mass is 353 g/mol. The third-order valence-corrected chi connectivity index (χ3v) is 5.87. The lowest BCUT2D eigenvalue weighted by Gasteiger charge is -2.20. The van der Waals surface area contributed by atoms with Gasteiger partial charge in [-0.05, 0) is 48.8 Å². The maximum Gasteiger partial charge on any atom is 0.326 e. The molecule has 1 aliphatic carbocycles. The second kappa shape index (κ2) is 5.94. The number of nitrogens with zero attached hydrogens (tertiary/aromatic N) is 2. The van der Waals surface area contributed by atoms with Gasteiger partial charge in [-0.25, -0.2) is 13.4 Å². The SMILES string of the molecule is N#CCC1CCc2cc(O)c(N3CC(=O)NS3(=O)=O)c(F)c2CC1. The lowest BCUT2D eigenvalue weighted by Crippen LogP contribution is -2.30. The van der Waals surface area contributed by atoms with Gasteiger partial charge >= 0.3 is 10.2 Å². The van der Waals surface area contributed by atoms with Crippen LogP contribution in [0.2, 0.25) is 0 Å². The summed E-state index contributed by atoms with van der Waals surface area (Å²) in [6, 6.07) is 3.48. The van der Waals surface area contributed by atoms with Gasteiger partial charge in [0.25, 0.3) is 5.91 Å². The van der Waals surface area contributed by atoms with E-state index in [-0.39, 0.29) is 5.92 Å². The van der Waals surface area contributed by atoms with Crippen molar-refractivity contribution in [2.24, 2.45) is 5.92 Å². The van der Waals surface area contributed by atoms with E-state index in [1.165, 1.54) is 6.07 Å². The van der Waals surface area contributed by atoms with Crippen molar-refractivity contribution >= 4 is 21.8 Å². The summed E-state index contributed by atoms with van der Waals surface area (Å²) in [5, 5.41) is 19.0. The van der Waals surface area contributed by atoms with Crippen molar-refractivity contribution in [2.45, 2.75) is 32.1 Å². The van der Waals surface area contributed by atoms with Crippen LogP contribution in [0.1, 0.15) is 30.4 Å². The number of nitriles is 1. The summed E-state index contributed by atoms with van der Waals surface area (Å²) in [7, 11) is -4.20. The van der Waals surface area contributed by atoms with Crippen molar-refractivity contribution in [3.05, 3.63) is 23.0 Å². The van der Waals surface area contributed by atoms with Crippen LogP contribution >= 0.6 is 0 Å². The summed E-state index contributed by atoms with van der Waals surface area (Å²) < 4.78 is 41.1. The molecule has 1 amide bonds. The quantitative estimate of drug-likeness (QED) is 0.774. The van der Waals surface area contributed by atoms with Crippen LogP contribution in [0.15, 0.2) is 6.07 Å². The number of phenolic OH excluding ortho intramolecular Hbond substituents is 1. The highest BCUT2D eigenvalue weighted by molar-refractivity contribution is 7.92. The lowest BCUT2D eigenvalue weighted by atomic mass is 9.97. The fourth-order valence-electron chi connectivity index (χ4n) is 3.28. The van der Waals surface area contributed by atoms with Crippen molar-refractivity contribution in [3.63, 3.8) is 0 Å². The summed E-state index contributed by atoms with van der Waals surface area (Å²) in [4.78, 5) is 11.4. The number of benzene rings is 1. The van der Waals surface area contributed by atoms with E-state index >= 15 is 0 Å². The zero-order chi connectivity index (χ0) is 17.5. The summed E-state index contributed by atoms with van der Waals surface area (Å²) >= 11 is 0. The minimum Gasteiger partial charge on any atom is -0.506 e. The van der Waals surface area contributed by atoms with Crippen molar-refractivity contribution in [2.75, 3.05) is 10.8 Å². The van der Waals surface area contributed by atoms with Gasteiger partial charge in [-0.1, -0.05) is 0 Å². The molecule has 1 fully saturated rings. The van der Waals surface area contributed by atoms with Gasteiger partial charge in [0.2, 0.25) is 0 Å². The molecule has 0 bridgehead atoms. The van der Waals surface area contributed by atoms with Gasteiger partial charge < -0.3 is 5.11 Å². The summed E-state index contributed by atoms with van der Waals surface area (Å²) in [6.07, 6.45) is 2.58. The predicted octanol–water partition coefficient (Wildman–Crippen LogP) is 1.12. The molecule has 1 aromatic carbocycles. The number of carbonyl (C=O) groups excluding carboxylic acids is 1. The molecule has 9 heteroatoms. The minimum absolute atomic E-state index is 0.145. The first-order valence-electron chi connectivity index (χ1n) is 7.57. The normalized spacial score (nSPS) is 22.4. The predicted molar refractivity (Wildman–Crippen MR) is 82.8 cm³/mol. The van der Waals surface area contributed by atoms with Gasteiger partial charge in [0.1, 0.15) is 18.0 Å². The maximum atomic E-state index is 15.0. The smallest absolute Gasteiger partial charge is 0.326 e. The van der Waals surface area contributed by atoms with E-state index in [2.05, 4.69) is 6.07 Å². The highest BCUT2D eigenvalue weighted by atomic mass is 32.2. The van der Waals surface area contributed by atoms with Crippen molar-refractivity contribution in [1.82, 2.24) is 4.72 Å². The van der Waals surface area contributed by atoms with Crippen molar-refractivity contribution < 1.29 is 22.7 Å². The van der Waals surface area contributed by atoms with Gasteiger partial charge in [0.15, 0.2) is 5.82 Å². The number of rotatable bonds is 2. The van der Waals surface area contributed by atoms with Gasteiger partial charge in [0.05, 0.1) is 6.07 Å². The first-order chi connectivity index (χ1) is 11.3. The molecular weight excluding hydrogens is 337 g/mol. The first kappa shape index (κ1) is 16.5. The minimum atomic E-state index is -4.20. The molecule has 0 aromatic heterocycles. The Balaban J connectivity index is 2.04. The molecule has 7 nitrogen and oxygen atoms in total. The lowest BCUT2D eigenvalue weighted by molar-refractivity contribution is -0.117. The van der Waals surface area contributed by atoms with Crippen LogP contribution in [0.4, 0.5) is 10.1 Å². The third-order valence-electron chi connectivity index (χ3n) is 4.49. The number of phenols is 1. The summed E-state index contributed by atoms with van der Waals surface area (Å²) in [5.41, 5.74) is 0.466. The Hall–Kier alpha value is -2.34. The Morgan fingerprint density at radius 1 is 1.42 bits per heavy atom. The van der Waals surface area contributed by atoms with Gasteiger partial charge in [-0.15, -0.1) is 0 Å². The molecule has 24 heavy (non-hydrogen) atoms. The molecule has 2 N–H and O–H groups in total. The molecule has 0 saturated carbocycles. The van der Waals surface area contributed by atoms with Crippen LogP contribution in [-0.4, -0.2) is 26.0 Å². The van der Waals surface area contributed by atoms with Gasteiger partial charge in [-0.2, -0.15) is 13.7 Å². The van der Waals surface area contributed by atoms with Gasteiger partial charge in [0, 0.05) is 6.42 Å². The summed E-state index contributed by atoms with van der Waals surface area (Å²) in [5.74, 6) is -1.96. The topological polar surface area (TPSA) is 110 Å². The number of aryl methyl sites for hydroxylation is 1. The average Bonchev–Trinajstić information content (AvgIpc) is 2.66. The standard InChI is InChI=1S/C15H16FN3O4S/c16-14-11-4-2-9(5-6-17)1-3-10(11)7-12(20)15(14)19-8-13(21)18-24(19,22)23/h7,9,20H,1-5,8H2,(H,18,21). The molecule has 3 rings (SSSR count). The zero-order valence-corrected chi connectivity index (χ0v) is 13.6. The molecule has 1 aromatic rings. The highest BCUT2D eigenvalue weighted by Gasteiger charge is 2.38. The second-order valence-electron chi connectivity index (χ2n) is 6.04. The Morgan fingerprint density at radius 2 is 2.12 bits per heavy atom. The number of aromatic hydroxyl groups is 1. The number of fused-ring (bicyclic) bond motifs is 1. The molecule has 128 valence electrons. The maximum absolute atomic E-state index is 15.0. The number of halogens is 1. The van der Waals surface area contributed by atoms with Crippen LogP contribution in [-0.2, 0) is 27.8 Å². The molecule has 1 saturated heterocycles. The number of anilines is 1. The fraction of sp³-hybridized carbons (Fsp3) is 0.467. The summed E-state index contributed by atoms with van der Waals surface area (Å²) in [6.45, 7) is -0.567. The third kappa shape index (κ3) is 2.78. The average molecular weight is 353 g/mol. The van der Waals surface area contributed by atoms with Crippen LogP contribution in [0.5, 0.6) is 5.75 Å². The Kier molecular flexibility index (Phi) is 4.09. The van der Waals surface area contributed by atoms with Crippen molar-refractivity contribution in [1.29, 1.82) is 5.26 Å². The molecule has 1 unspecified atom stereocenters. The molecular formula is C15H16FN3O4S. The van der Waals surface area contributed by atoms with E-state index in [9.17, 15) is 22.7 Å². The van der Waals surface area contributed by atoms with Crippen molar-refractivity contribution in [3.8, 4) is 11.8 Å². The zero-order valence-electron chi connectivity index (χ0n) is 12.7. The molecule has 0 radical (unpaired) electrons. The fourth-order valence-corrected chi connectivity index (χ4v) is 4.44. The Morgan fingerprint density at radius 3 is 2.75 bits per heavy atom. The van der Waals surface area contributed by atoms with E-state index in [1.54, 1.807) is 4.72 Å². The van der Waals surface area contributed by atoms with Crippen LogP contribution in [0, 0.1) is 23.1 Å². The largest absolute Gasteiger partial charge is 0.506 e. The Bertz CT molecular complexity index is 847. The van der Waals surface area contributed by atoms with Crippen LogP contribution < -0.4 is 9.03 Å². The number of hydrogen-bond donors (Lipinski definition) is 2. The molecule has 1 aliphatic heterocycles. The van der Waals surface area contributed by atoms with Gasteiger partial charge in [-0.3, -0.25) is 4.79 Å². The number of amides is 1. The first-order valence-corrected chi connectivity index (χ1v) is 9.01. The molecule has 1 atom stereocenters. The van der Waals surface area contributed by atoms with E-state index in [4.69, 9.17) is 5.26 Å². The molecule has 1 heterocycles. The van der Waals surface area contributed by atoms with E-state index in [0.29, 0.717) is 47.5 Å².